The van der Waals surface area contributed by atoms with Crippen LogP contribution >= 0.6 is 11.3 Å². The molecular weight excluding hydrogens is 699 g/mol. The maximum atomic E-state index is 5.26. The molecule has 2 heterocycles. The second kappa shape index (κ2) is 13.1. The molecule has 4 heteroatoms. The molecule has 0 fully saturated rings. The molecule has 11 rings (SSSR count). The molecule has 0 radical (unpaired) electrons. The van der Waals surface area contributed by atoms with Crippen LogP contribution in [0, 0.1) is 0 Å². The van der Waals surface area contributed by atoms with Crippen LogP contribution in [0.4, 0.5) is 0 Å². The molecule has 0 aliphatic heterocycles. The molecule has 262 valence electrons. The summed E-state index contributed by atoms with van der Waals surface area (Å²) in [5.74, 6) is 1.94. The first kappa shape index (κ1) is 32.4. The van der Waals surface area contributed by atoms with Gasteiger partial charge in [-0.05, 0) is 68.8 Å². The largest absolute Gasteiger partial charge is 0.208 e. The molecule has 1 aliphatic rings. The van der Waals surface area contributed by atoms with Crippen molar-refractivity contribution in [1.29, 1.82) is 0 Å². The number of benzene rings is 8. The van der Waals surface area contributed by atoms with Gasteiger partial charge in [0.2, 0.25) is 0 Å². The van der Waals surface area contributed by atoms with Crippen LogP contribution in [0.3, 0.4) is 0 Å². The van der Waals surface area contributed by atoms with Crippen molar-refractivity contribution in [1.82, 2.24) is 15.0 Å². The van der Waals surface area contributed by atoms with Gasteiger partial charge in [0.15, 0.2) is 17.5 Å². The fourth-order valence-corrected chi connectivity index (χ4v) is 9.83. The van der Waals surface area contributed by atoms with Gasteiger partial charge in [0.05, 0.1) is 5.41 Å². The van der Waals surface area contributed by atoms with Gasteiger partial charge in [-0.2, -0.15) is 0 Å². The number of nitrogens with zero attached hydrogens (tertiary/aromatic N) is 3. The van der Waals surface area contributed by atoms with E-state index >= 15 is 0 Å². The van der Waals surface area contributed by atoms with Gasteiger partial charge in [0, 0.05) is 36.9 Å². The Morgan fingerprint density at radius 3 is 1.54 bits per heavy atom. The third kappa shape index (κ3) is 5.07. The molecule has 56 heavy (non-hydrogen) atoms. The summed E-state index contributed by atoms with van der Waals surface area (Å²) in [5, 5.41) is 2.59. The van der Waals surface area contributed by atoms with E-state index in [1.165, 1.54) is 59.1 Å². The second-order valence-electron chi connectivity index (χ2n) is 14.3. The standard InChI is InChI=1S/C52H33N3S/c1-5-16-34(17-6-1)49-53-50(35-18-7-2-8-19-35)55-51(54-49)41-25-15-26-45-48(41)43-33-36(37-29-31-47-42(32-37)40-24-13-14-27-46(40)56-47)28-30-44(43)52(45,38-20-9-3-10-21-38)39-22-11-4-12-23-39/h1-33H. The van der Waals surface area contributed by atoms with E-state index in [0.29, 0.717) is 17.5 Å². The van der Waals surface area contributed by atoms with Crippen molar-refractivity contribution in [2.45, 2.75) is 5.41 Å². The van der Waals surface area contributed by atoms with Gasteiger partial charge in [-0.3, -0.25) is 0 Å². The molecule has 2 aromatic heterocycles. The zero-order valence-electron chi connectivity index (χ0n) is 30.3. The number of aromatic nitrogens is 3. The van der Waals surface area contributed by atoms with Crippen LogP contribution in [-0.4, -0.2) is 15.0 Å². The predicted octanol–water partition coefficient (Wildman–Crippen LogP) is 13.3. The highest BCUT2D eigenvalue weighted by molar-refractivity contribution is 7.25. The number of fused-ring (bicyclic) bond motifs is 6. The number of hydrogen-bond acceptors (Lipinski definition) is 4. The summed E-state index contributed by atoms with van der Waals surface area (Å²) in [5.41, 5.74) is 11.9. The average Bonchev–Trinajstić information content (AvgIpc) is 3.81. The molecule has 0 saturated carbocycles. The van der Waals surface area contributed by atoms with E-state index in [1.807, 2.05) is 47.7 Å². The first-order chi connectivity index (χ1) is 27.8. The summed E-state index contributed by atoms with van der Waals surface area (Å²) >= 11 is 1.85. The van der Waals surface area contributed by atoms with Crippen LogP contribution < -0.4 is 0 Å². The zero-order chi connectivity index (χ0) is 37.1. The Morgan fingerprint density at radius 2 is 0.875 bits per heavy atom. The molecule has 0 atom stereocenters. The molecule has 0 amide bonds. The predicted molar refractivity (Wildman–Crippen MR) is 232 cm³/mol. The SMILES string of the molecule is c1ccc(-c2nc(-c3ccccc3)nc(-c3cccc4c3-c3cc(-c5ccc6sc7ccccc7c6c5)ccc3C4(c3ccccc3)c3ccccc3)n2)cc1. The zero-order valence-corrected chi connectivity index (χ0v) is 31.1. The van der Waals surface area contributed by atoms with Crippen LogP contribution in [0.25, 0.3) is 76.6 Å². The van der Waals surface area contributed by atoms with Gasteiger partial charge in [-0.25, -0.2) is 15.0 Å². The first-order valence-corrected chi connectivity index (χ1v) is 19.8. The Labute approximate surface area is 329 Å². The Bertz CT molecular complexity index is 2970. The fraction of sp³-hybridized carbons (Fsp3) is 0.0192. The van der Waals surface area contributed by atoms with Crippen molar-refractivity contribution < 1.29 is 0 Å². The Kier molecular flexibility index (Phi) is 7.58. The van der Waals surface area contributed by atoms with Gasteiger partial charge in [0.1, 0.15) is 0 Å². The normalized spacial score (nSPS) is 12.8. The fourth-order valence-electron chi connectivity index (χ4n) is 8.74. The lowest BCUT2D eigenvalue weighted by Crippen LogP contribution is -2.28. The minimum atomic E-state index is -0.577. The Hall–Kier alpha value is -7.01. The molecule has 0 saturated heterocycles. The summed E-state index contributed by atoms with van der Waals surface area (Å²) in [6.45, 7) is 0. The maximum absolute atomic E-state index is 5.26. The highest BCUT2D eigenvalue weighted by Crippen LogP contribution is 2.58. The van der Waals surface area contributed by atoms with Crippen LogP contribution in [0.2, 0.25) is 0 Å². The minimum absolute atomic E-state index is 0.577. The summed E-state index contributed by atoms with van der Waals surface area (Å²) < 4.78 is 2.61. The van der Waals surface area contributed by atoms with Crippen molar-refractivity contribution >= 4 is 31.5 Å². The van der Waals surface area contributed by atoms with Crippen LogP contribution in [0.1, 0.15) is 22.3 Å². The summed E-state index contributed by atoms with van der Waals surface area (Å²) in [7, 11) is 0. The van der Waals surface area contributed by atoms with Gasteiger partial charge in [0.25, 0.3) is 0 Å². The van der Waals surface area contributed by atoms with Crippen LogP contribution in [0.15, 0.2) is 200 Å². The van der Waals surface area contributed by atoms with Crippen molar-refractivity contribution in [2.75, 3.05) is 0 Å². The molecule has 8 aromatic carbocycles. The monoisotopic (exact) mass is 731 g/mol. The number of hydrogen-bond donors (Lipinski definition) is 0. The summed E-state index contributed by atoms with van der Waals surface area (Å²) in [6.07, 6.45) is 0. The van der Waals surface area contributed by atoms with Crippen molar-refractivity contribution in [3.05, 3.63) is 222 Å². The van der Waals surface area contributed by atoms with E-state index in [0.717, 1.165) is 22.3 Å². The third-order valence-electron chi connectivity index (χ3n) is 11.2. The van der Waals surface area contributed by atoms with Crippen molar-refractivity contribution in [3.8, 4) is 56.4 Å². The highest BCUT2D eigenvalue weighted by atomic mass is 32.1. The topological polar surface area (TPSA) is 38.7 Å². The lowest BCUT2D eigenvalue weighted by molar-refractivity contribution is 0.768. The molecule has 0 unspecified atom stereocenters. The molecular formula is C52H33N3S. The molecule has 3 nitrogen and oxygen atoms in total. The van der Waals surface area contributed by atoms with E-state index in [4.69, 9.17) is 15.0 Å². The molecule has 10 aromatic rings. The van der Waals surface area contributed by atoms with Gasteiger partial charge in [-0.15, -0.1) is 11.3 Å². The first-order valence-electron chi connectivity index (χ1n) is 18.9. The minimum Gasteiger partial charge on any atom is -0.208 e. The van der Waals surface area contributed by atoms with Gasteiger partial charge < -0.3 is 0 Å². The Morgan fingerprint density at radius 1 is 0.339 bits per heavy atom. The lowest BCUT2D eigenvalue weighted by Gasteiger charge is -2.34. The number of rotatable bonds is 6. The quantitative estimate of drug-likeness (QED) is 0.171. The van der Waals surface area contributed by atoms with Crippen molar-refractivity contribution in [2.24, 2.45) is 0 Å². The molecule has 0 spiro atoms. The third-order valence-corrected chi connectivity index (χ3v) is 12.4. The summed E-state index contributed by atoms with van der Waals surface area (Å²) in [4.78, 5) is 15.6. The lowest BCUT2D eigenvalue weighted by atomic mass is 9.67. The maximum Gasteiger partial charge on any atom is 0.164 e. The van der Waals surface area contributed by atoms with Crippen molar-refractivity contribution in [3.63, 3.8) is 0 Å². The van der Waals surface area contributed by atoms with E-state index in [1.54, 1.807) is 0 Å². The van der Waals surface area contributed by atoms with Crippen LogP contribution in [0.5, 0.6) is 0 Å². The van der Waals surface area contributed by atoms with E-state index < -0.39 is 5.41 Å². The van der Waals surface area contributed by atoms with E-state index in [-0.39, 0.29) is 0 Å². The number of thiophene rings is 1. The van der Waals surface area contributed by atoms with E-state index in [2.05, 4.69) is 164 Å². The highest BCUT2D eigenvalue weighted by Gasteiger charge is 2.47. The smallest absolute Gasteiger partial charge is 0.164 e. The van der Waals surface area contributed by atoms with E-state index in [9.17, 15) is 0 Å². The molecule has 0 N–H and O–H groups in total. The average molecular weight is 732 g/mol. The molecule has 1 aliphatic carbocycles. The van der Waals surface area contributed by atoms with Gasteiger partial charge >= 0.3 is 0 Å². The Balaban J connectivity index is 1.21. The summed E-state index contributed by atoms with van der Waals surface area (Å²) in [6, 6.07) is 71.7. The van der Waals surface area contributed by atoms with Crippen LogP contribution in [-0.2, 0) is 5.41 Å². The second-order valence-corrected chi connectivity index (χ2v) is 15.4. The molecule has 0 bridgehead atoms. The van der Waals surface area contributed by atoms with Gasteiger partial charge in [-0.1, -0.05) is 176 Å².